The fraction of sp³-hybridized carbons (Fsp3) is 0.167. The number of hydrogen-bond acceptors (Lipinski definition) is 4. The molecule has 1 aliphatic heterocycles. The van der Waals surface area contributed by atoms with Gasteiger partial charge in [-0.1, -0.05) is 0 Å². The van der Waals surface area contributed by atoms with Gasteiger partial charge in [-0.15, -0.1) is 0 Å². The molecule has 0 aliphatic carbocycles. The molecule has 95 valence electrons. The first-order valence-electron chi connectivity index (χ1n) is 5.84. The Labute approximate surface area is 110 Å². The molecule has 0 aromatic carbocycles. The number of nitrogens with zero attached hydrogens (tertiary/aromatic N) is 4. The average Bonchev–Trinajstić information content (AvgIpc) is 2.90. The fourth-order valence-corrected chi connectivity index (χ4v) is 1.92. The average molecular weight is 259 g/mol. The SMILES string of the molecule is Fc1ccc(N2[B]N(c3ccc(F)cn3)CC2)nc1. The fourth-order valence-electron chi connectivity index (χ4n) is 1.92. The van der Waals surface area contributed by atoms with Gasteiger partial charge in [0, 0.05) is 13.1 Å². The van der Waals surface area contributed by atoms with Crippen LogP contribution in [0.1, 0.15) is 0 Å². The zero-order chi connectivity index (χ0) is 13.2. The maximum atomic E-state index is 12.8. The lowest BCUT2D eigenvalue weighted by atomic mass is 10.1. The van der Waals surface area contributed by atoms with E-state index in [0.29, 0.717) is 11.6 Å². The third kappa shape index (κ3) is 2.49. The van der Waals surface area contributed by atoms with Crippen LogP contribution in [0, 0.1) is 11.6 Å². The number of rotatable bonds is 2. The number of halogens is 2. The molecule has 2 aromatic rings. The van der Waals surface area contributed by atoms with Crippen LogP contribution in [-0.2, 0) is 0 Å². The molecular weight excluding hydrogens is 249 g/mol. The number of hydrogen-bond donors (Lipinski definition) is 0. The van der Waals surface area contributed by atoms with Crippen molar-refractivity contribution in [3.8, 4) is 0 Å². The van der Waals surface area contributed by atoms with Gasteiger partial charge in [-0.05, 0) is 24.3 Å². The highest BCUT2D eigenvalue weighted by Crippen LogP contribution is 2.18. The molecule has 0 amide bonds. The topological polar surface area (TPSA) is 32.3 Å². The van der Waals surface area contributed by atoms with Gasteiger partial charge in [-0.25, -0.2) is 18.7 Å². The predicted octanol–water partition coefficient (Wildman–Crippen LogP) is 1.62. The first kappa shape index (κ1) is 11.9. The lowest BCUT2D eigenvalue weighted by Crippen LogP contribution is -2.30. The van der Waals surface area contributed by atoms with Crippen LogP contribution in [0.2, 0.25) is 0 Å². The first-order valence-corrected chi connectivity index (χ1v) is 5.84. The Morgan fingerprint density at radius 3 is 1.68 bits per heavy atom. The lowest BCUT2D eigenvalue weighted by molar-refractivity contribution is 0.621. The van der Waals surface area contributed by atoms with Crippen molar-refractivity contribution in [2.75, 3.05) is 22.7 Å². The highest BCUT2D eigenvalue weighted by Gasteiger charge is 2.24. The van der Waals surface area contributed by atoms with Crippen LogP contribution < -0.4 is 9.62 Å². The van der Waals surface area contributed by atoms with Crippen LogP contribution in [0.4, 0.5) is 20.4 Å². The van der Waals surface area contributed by atoms with Crippen molar-refractivity contribution in [1.29, 1.82) is 0 Å². The Bertz CT molecular complexity index is 509. The van der Waals surface area contributed by atoms with Crippen molar-refractivity contribution in [2.45, 2.75) is 0 Å². The largest absolute Gasteiger partial charge is 0.394 e. The van der Waals surface area contributed by atoms with Crippen LogP contribution in [0.5, 0.6) is 0 Å². The van der Waals surface area contributed by atoms with Crippen molar-refractivity contribution in [1.82, 2.24) is 9.97 Å². The zero-order valence-electron chi connectivity index (χ0n) is 10.0. The van der Waals surface area contributed by atoms with E-state index in [1.165, 1.54) is 24.5 Å². The van der Waals surface area contributed by atoms with Gasteiger partial charge >= 0.3 is 7.55 Å². The molecule has 3 heterocycles. The molecule has 0 N–H and O–H groups in total. The van der Waals surface area contributed by atoms with E-state index in [0.717, 1.165) is 13.1 Å². The quantitative estimate of drug-likeness (QED) is 0.767. The molecule has 0 atom stereocenters. The van der Waals surface area contributed by atoms with Crippen LogP contribution in [0.15, 0.2) is 36.7 Å². The van der Waals surface area contributed by atoms with Crippen molar-refractivity contribution in [3.05, 3.63) is 48.3 Å². The molecule has 2 aromatic heterocycles. The number of aromatic nitrogens is 2. The van der Waals surface area contributed by atoms with E-state index in [2.05, 4.69) is 9.97 Å². The van der Waals surface area contributed by atoms with E-state index in [9.17, 15) is 8.78 Å². The normalized spacial score (nSPS) is 14.6. The number of pyridine rings is 2. The summed E-state index contributed by atoms with van der Waals surface area (Å²) >= 11 is 0. The molecule has 1 saturated heterocycles. The Kier molecular flexibility index (Phi) is 3.02. The van der Waals surface area contributed by atoms with Crippen LogP contribution in [0.25, 0.3) is 0 Å². The van der Waals surface area contributed by atoms with E-state index in [1.54, 1.807) is 12.1 Å². The second-order valence-corrected chi connectivity index (χ2v) is 4.17. The van der Waals surface area contributed by atoms with Gasteiger partial charge < -0.3 is 9.62 Å². The standard InChI is InChI=1S/C12H10BF2N4/c14-9-1-3-11(16-7-9)18-5-6-19(13-18)12-4-2-10(15)8-17-12/h1-4,7-8H,5-6H2. The Balaban J connectivity index is 1.73. The Morgan fingerprint density at radius 2 is 1.32 bits per heavy atom. The maximum absolute atomic E-state index is 12.8. The summed E-state index contributed by atoms with van der Waals surface area (Å²) in [5.41, 5.74) is 0. The lowest BCUT2D eigenvalue weighted by Gasteiger charge is -2.17. The van der Waals surface area contributed by atoms with E-state index >= 15 is 0 Å². The molecule has 1 aliphatic rings. The van der Waals surface area contributed by atoms with E-state index in [4.69, 9.17) is 0 Å². The van der Waals surface area contributed by atoms with E-state index in [1.807, 2.05) is 17.2 Å². The van der Waals surface area contributed by atoms with Gasteiger partial charge in [0.2, 0.25) is 0 Å². The van der Waals surface area contributed by atoms with Gasteiger partial charge in [0.15, 0.2) is 0 Å². The third-order valence-corrected chi connectivity index (χ3v) is 2.87. The highest BCUT2D eigenvalue weighted by atomic mass is 19.1. The van der Waals surface area contributed by atoms with Gasteiger partial charge in [-0.3, -0.25) is 0 Å². The molecule has 7 heteroatoms. The summed E-state index contributed by atoms with van der Waals surface area (Å²) in [6.07, 6.45) is 2.37. The Hall–Kier alpha value is -2.18. The Morgan fingerprint density at radius 1 is 0.842 bits per heavy atom. The highest BCUT2D eigenvalue weighted by molar-refractivity contribution is 6.47. The minimum Gasteiger partial charge on any atom is -0.382 e. The molecule has 1 radical (unpaired) electrons. The monoisotopic (exact) mass is 259 g/mol. The second kappa shape index (κ2) is 4.83. The molecule has 3 rings (SSSR count). The van der Waals surface area contributed by atoms with Crippen LogP contribution in [-0.4, -0.2) is 30.6 Å². The minimum atomic E-state index is -0.361. The second-order valence-electron chi connectivity index (χ2n) is 4.17. The van der Waals surface area contributed by atoms with Gasteiger partial charge in [0.25, 0.3) is 0 Å². The molecule has 0 bridgehead atoms. The van der Waals surface area contributed by atoms with Crippen LogP contribution >= 0.6 is 0 Å². The van der Waals surface area contributed by atoms with Gasteiger partial charge in [0.1, 0.15) is 23.3 Å². The number of anilines is 2. The van der Waals surface area contributed by atoms with Gasteiger partial charge in [0.05, 0.1) is 12.4 Å². The summed E-state index contributed by atoms with van der Waals surface area (Å²) < 4.78 is 25.6. The molecule has 0 unspecified atom stereocenters. The molecule has 19 heavy (non-hydrogen) atoms. The molecule has 0 saturated carbocycles. The predicted molar refractivity (Wildman–Crippen MR) is 68.8 cm³/mol. The smallest absolute Gasteiger partial charge is 0.382 e. The van der Waals surface area contributed by atoms with Crippen molar-refractivity contribution < 1.29 is 8.78 Å². The summed E-state index contributed by atoms with van der Waals surface area (Å²) in [5.74, 6) is 0.622. The first-order chi connectivity index (χ1) is 9.22. The molecule has 4 nitrogen and oxygen atoms in total. The third-order valence-electron chi connectivity index (χ3n) is 2.87. The maximum Gasteiger partial charge on any atom is 0.394 e. The summed E-state index contributed by atoms with van der Waals surface area (Å²) in [4.78, 5) is 11.8. The molecule has 0 spiro atoms. The minimum absolute atomic E-state index is 0.361. The van der Waals surface area contributed by atoms with Crippen molar-refractivity contribution in [3.63, 3.8) is 0 Å². The summed E-state index contributed by atoms with van der Waals surface area (Å²) in [7, 11) is 1.83. The zero-order valence-corrected chi connectivity index (χ0v) is 10.0. The van der Waals surface area contributed by atoms with Gasteiger partial charge in [-0.2, -0.15) is 0 Å². The van der Waals surface area contributed by atoms with Crippen LogP contribution in [0.3, 0.4) is 0 Å². The summed E-state index contributed by atoms with van der Waals surface area (Å²) in [5, 5.41) is 0. The van der Waals surface area contributed by atoms with Crippen molar-refractivity contribution in [2.24, 2.45) is 0 Å². The molecule has 1 fully saturated rings. The molecular formula is C12H10BF2N4. The summed E-state index contributed by atoms with van der Waals surface area (Å²) in [6, 6.07) is 5.98. The van der Waals surface area contributed by atoms with Crippen molar-refractivity contribution >= 4 is 19.2 Å². The van der Waals surface area contributed by atoms with E-state index in [-0.39, 0.29) is 11.6 Å². The van der Waals surface area contributed by atoms with E-state index < -0.39 is 0 Å². The summed E-state index contributed by atoms with van der Waals surface area (Å²) in [6.45, 7) is 1.44.